The van der Waals surface area contributed by atoms with Crippen LogP contribution in [0.2, 0.25) is 0 Å². The number of aromatic hydroxyl groups is 1. The summed E-state index contributed by atoms with van der Waals surface area (Å²) in [5.41, 5.74) is 1.16. The van der Waals surface area contributed by atoms with Crippen LogP contribution in [-0.2, 0) is 0 Å². The SMILES string of the molecule is Cc1ccc(C(=O)Nc2cccc(C(=O)O)c2O)c(Br)c1. The van der Waals surface area contributed by atoms with Crippen molar-refractivity contribution in [2.24, 2.45) is 0 Å². The van der Waals surface area contributed by atoms with Gasteiger partial charge in [0.25, 0.3) is 5.91 Å². The number of para-hydroxylation sites is 1. The second kappa shape index (κ2) is 5.97. The van der Waals surface area contributed by atoms with Crippen molar-refractivity contribution >= 4 is 33.5 Å². The summed E-state index contributed by atoms with van der Waals surface area (Å²) in [7, 11) is 0. The van der Waals surface area contributed by atoms with Gasteiger partial charge < -0.3 is 15.5 Å². The minimum Gasteiger partial charge on any atom is -0.505 e. The van der Waals surface area contributed by atoms with Crippen LogP contribution in [0.15, 0.2) is 40.9 Å². The van der Waals surface area contributed by atoms with E-state index < -0.39 is 17.6 Å². The number of carboxylic acids is 1. The van der Waals surface area contributed by atoms with Gasteiger partial charge >= 0.3 is 5.97 Å². The molecule has 0 atom stereocenters. The number of rotatable bonds is 3. The highest BCUT2D eigenvalue weighted by Gasteiger charge is 2.16. The molecule has 0 heterocycles. The van der Waals surface area contributed by atoms with Gasteiger partial charge in [-0.1, -0.05) is 12.1 Å². The fourth-order valence-electron chi connectivity index (χ4n) is 1.81. The number of benzene rings is 2. The number of hydrogen-bond acceptors (Lipinski definition) is 3. The Labute approximate surface area is 129 Å². The first-order valence-corrected chi connectivity index (χ1v) is 6.82. The second-order valence-corrected chi connectivity index (χ2v) is 5.30. The number of phenols is 1. The Bertz CT molecular complexity index is 728. The van der Waals surface area contributed by atoms with Gasteiger partial charge in [-0.3, -0.25) is 4.79 Å². The predicted molar refractivity (Wildman–Crippen MR) is 81.9 cm³/mol. The molecule has 6 heteroatoms. The summed E-state index contributed by atoms with van der Waals surface area (Å²) >= 11 is 3.30. The lowest BCUT2D eigenvalue weighted by atomic mass is 10.1. The number of amides is 1. The third kappa shape index (κ3) is 3.22. The lowest BCUT2D eigenvalue weighted by Crippen LogP contribution is -2.13. The molecule has 1 amide bonds. The number of aryl methyl sites for hydroxylation is 1. The van der Waals surface area contributed by atoms with Crippen molar-refractivity contribution in [3.8, 4) is 5.75 Å². The van der Waals surface area contributed by atoms with E-state index in [9.17, 15) is 14.7 Å². The van der Waals surface area contributed by atoms with Gasteiger partial charge in [0.1, 0.15) is 5.56 Å². The Morgan fingerprint density at radius 2 is 1.86 bits per heavy atom. The zero-order valence-corrected chi connectivity index (χ0v) is 12.6. The van der Waals surface area contributed by atoms with E-state index in [0.717, 1.165) is 5.56 Å². The van der Waals surface area contributed by atoms with Crippen molar-refractivity contribution in [3.63, 3.8) is 0 Å². The molecule has 2 aromatic rings. The Hall–Kier alpha value is -2.34. The standard InChI is InChI=1S/C15H12BrNO4/c1-8-5-6-9(11(16)7-8)14(19)17-12-4-2-3-10(13(12)18)15(20)21/h2-7,18H,1H3,(H,17,19)(H,20,21). The van der Waals surface area contributed by atoms with Crippen LogP contribution < -0.4 is 5.32 Å². The molecule has 0 fully saturated rings. The largest absolute Gasteiger partial charge is 0.505 e. The van der Waals surface area contributed by atoms with E-state index in [-0.39, 0.29) is 11.3 Å². The molecule has 0 aliphatic carbocycles. The quantitative estimate of drug-likeness (QED) is 0.741. The van der Waals surface area contributed by atoms with E-state index in [1.54, 1.807) is 18.2 Å². The van der Waals surface area contributed by atoms with Crippen molar-refractivity contribution in [2.45, 2.75) is 6.92 Å². The van der Waals surface area contributed by atoms with Gasteiger partial charge in [0.15, 0.2) is 5.75 Å². The minimum absolute atomic E-state index is 0.0485. The molecule has 0 saturated carbocycles. The van der Waals surface area contributed by atoms with Gasteiger partial charge in [0, 0.05) is 4.47 Å². The van der Waals surface area contributed by atoms with Crippen LogP contribution in [0.1, 0.15) is 26.3 Å². The van der Waals surface area contributed by atoms with Gasteiger partial charge in [0.05, 0.1) is 11.3 Å². The first-order valence-electron chi connectivity index (χ1n) is 6.03. The Kier molecular flexibility index (Phi) is 4.28. The third-order valence-electron chi connectivity index (χ3n) is 2.88. The summed E-state index contributed by atoms with van der Waals surface area (Å²) in [6.07, 6.45) is 0. The molecule has 0 saturated heterocycles. The van der Waals surface area contributed by atoms with Crippen molar-refractivity contribution in [1.29, 1.82) is 0 Å². The molecular weight excluding hydrogens is 338 g/mol. The van der Waals surface area contributed by atoms with Crippen LogP contribution in [-0.4, -0.2) is 22.1 Å². The number of anilines is 1. The number of hydrogen-bond donors (Lipinski definition) is 3. The highest BCUT2D eigenvalue weighted by atomic mass is 79.9. The van der Waals surface area contributed by atoms with E-state index in [1.165, 1.54) is 18.2 Å². The molecule has 0 aromatic heterocycles. The maximum Gasteiger partial charge on any atom is 0.339 e. The second-order valence-electron chi connectivity index (χ2n) is 4.44. The molecule has 2 aromatic carbocycles. The van der Waals surface area contributed by atoms with Crippen LogP contribution in [0.4, 0.5) is 5.69 Å². The lowest BCUT2D eigenvalue weighted by Gasteiger charge is -2.10. The highest BCUT2D eigenvalue weighted by Crippen LogP contribution is 2.28. The van der Waals surface area contributed by atoms with Crippen LogP contribution in [0, 0.1) is 6.92 Å². The maximum absolute atomic E-state index is 12.2. The van der Waals surface area contributed by atoms with Crippen molar-refractivity contribution in [3.05, 3.63) is 57.6 Å². The maximum atomic E-state index is 12.2. The zero-order valence-electron chi connectivity index (χ0n) is 11.1. The predicted octanol–water partition coefficient (Wildman–Crippen LogP) is 3.41. The number of carboxylic acid groups (broad SMARTS) is 1. The summed E-state index contributed by atoms with van der Waals surface area (Å²) in [5.74, 6) is -2.18. The van der Waals surface area contributed by atoms with Crippen LogP contribution in [0.5, 0.6) is 5.75 Å². The lowest BCUT2D eigenvalue weighted by molar-refractivity contribution is 0.0693. The third-order valence-corrected chi connectivity index (χ3v) is 3.54. The summed E-state index contributed by atoms with van der Waals surface area (Å²) in [4.78, 5) is 23.1. The van der Waals surface area contributed by atoms with Crippen molar-refractivity contribution in [1.82, 2.24) is 0 Å². The van der Waals surface area contributed by atoms with Crippen molar-refractivity contribution < 1.29 is 19.8 Å². The Balaban J connectivity index is 2.32. The fourth-order valence-corrected chi connectivity index (χ4v) is 2.48. The summed E-state index contributed by atoms with van der Waals surface area (Å²) in [5, 5.41) is 21.3. The van der Waals surface area contributed by atoms with Gasteiger partial charge in [0.2, 0.25) is 0 Å². The molecule has 0 unspecified atom stereocenters. The summed E-state index contributed by atoms with van der Waals surface area (Å²) < 4.78 is 0.619. The topological polar surface area (TPSA) is 86.6 Å². The first kappa shape index (κ1) is 15.1. The molecule has 0 aliphatic rings. The van der Waals surface area contributed by atoms with Gasteiger partial charge in [-0.05, 0) is 52.7 Å². The van der Waals surface area contributed by atoms with E-state index >= 15 is 0 Å². The molecule has 5 nitrogen and oxygen atoms in total. The fraction of sp³-hybridized carbons (Fsp3) is 0.0667. The van der Waals surface area contributed by atoms with E-state index in [2.05, 4.69) is 21.2 Å². The molecule has 0 bridgehead atoms. The Morgan fingerprint density at radius 3 is 2.48 bits per heavy atom. The van der Waals surface area contributed by atoms with Gasteiger partial charge in [-0.15, -0.1) is 0 Å². The number of halogens is 1. The molecule has 2 rings (SSSR count). The van der Waals surface area contributed by atoms with Gasteiger partial charge in [-0.2, -0.15) is 0 Å². The normalized spacial score (nSPS) is 10.2. The minimum atomic E-state index is -1.26. The molecule has 21 heavy (non-hydrogen) atoms. The highest BCUT2D eigenvalue weighted by molar-refractivity contribution is 9.10. The van der Waals surface area contributed by atoms with Crippen LogP contribution in [0.3, 0.4) is 0 Å². The molecule has 108 valence electrons. The van der Waals surface area contributed by atoms with Crippen molar-refractivity contribution in [2.75, 3.05) is 5.32 Å². The molecule has 3 N–H and O–H groups in total. The molecular formula is C15H12BrNO4. The summed E-state index contributed by atoms with van der Waals surface area (Å²) in [6.45, 7) is 1.90. The van der Waals surface area contributed by atoms with Crippen LogP contribution in [0.25, 0.3) is 0 Å². The molecule has 0 radical (unpaired) electrons. The monoisotopic (exact) mass is 349 g/mol. The number of aromatic carboxylic acids is 1. The van der Waals surface area contributed by atoms with E-state index in [1.807, 2.05) is 6.92 Å². The molecule has 0 aliphatic heterocycles. The summed E-state index contributed by atoms with van der Waals surface area (Å²) in [6, 6.07) is 9.36. The van der Waals surface area contributed by atoms with Crippen LogP contribution >= 0.6 is 15.9 Å². The number of carbonyl (C=O) groups excluding carboxylic acids is 1. The average Bonchev–Trinajstić information content (AvgIpc) is 2.40. The van der Waals surface area contributed by atoms with Gasteiger partial charge in [-0.25, -0.2) is 4.79 Å². The van der Waals surface area contributed by atoms with E-state index in [4.69, 9.17) is 5.11 Å². The number of carbonyl (C=O) groups is 2. The van der Waals surface area contributed by atoms with E-state index in [0.29, 0.717) is 10.0 Å². The molecule has 0 spiro atoms. The first-order chi connectivity index (χ1) is 9.90. The number of nitrogens with one attached hydrogen (secondary N) is 1. The smallest absolute Gasteiger partial charge is 0.339 e. The zero-order chi connectivity index (χ0) is 15.6. The average molecular weight is 350 g/mol. The Morgan fingerprint density at radius 1 is 1.14 bits per heavy atom.